The number of nitrogens with zero attached hydrogens (tertiary/aromatic N) is 3. The molecule has 7 heteroatoms. The third kappa shape index (κ3) is 3.01. The van der Waals surface area contributed by atoms with Crippen LogP contribution in [-0.4, -0.2) is 38.6 Å². The first-order valence-electron chi connectivity index (χ1n) is 8.65. The number of ether oxygens (including phenoxy) is 1. The maximum atomic E-state index is 10.2. The second-order valence-corrected chi connectivity index (χ2v) is 8.23. The molecule has 3 atom stereocenters. The van der Waals surface area contributed by atoms with E-state index in [4.69, 9.17) is 21.3 Å². The average molecular weight is 390 g/mol. The van der Waals surface area contributed by atoms with Gasteiger partial charge in [0.1, 0.15) is 6.04 Å². The Labute approximate surface area is 162 Å². The van der Waals surface area contributed by atoms with Crippen LogP contribution in [-0.2, 0) is 0 Å². The van der Waals surface area contributed by atoms with Crippen LogP contribution in [0.15, 0.2) is 41.5 Å². The number of hydrogen-bond donors (Lipinski definition) is 1. The summed E-state index contributed by atoms with van der Waals surface area (Å²) < 4.78 is 5.58. The molecule has 4 rings (SSSR count). The highest BCUT2D eigenvalue weighted by Gasteiger charge is 2.43. The second kappa shape index (κ2) is 7.00. The largest absolute Gasteiger partial charge is 0.503 e. The van der Waals surface area contributed by atoms with Gasteiger partial charge in [0.25, 0.3) is 0 Å². The van der Waals surface area contributed by atoms with Gasteiger partial charge in [-0.2, -0.15) is 0 Å². The number of thioether (sulfide) groups is 1. The zero-order valence-electron chi connectivity index (χ0n) is 14.6. The van der Waals surface area contributed by atoms with E-state index in [-0.39, 0.29) is 17.8 Å². The number of amidine groups is 1. The molecule has 0 saturated carbocycles. The van der Waals surface area contributed by atoms with Gasteiger partial charge in [-0.05, 0) is 36.8 Å². The second-order valence-electron chi connectivity index (χ2n) is 6.42. The molecule has 1 fully saturated rings. The fourth-order valence-electron chi connectivity index (χ4n) is 3.51. The predicted molar refractivity (Wildman–Crippen MR) is 105 cm³/mol. The zero-order valence-corrected chi connectivity index (χ0v) is 16.2. The Balaban J connectivity index is 1.80. The molecule has 136 valence electrons. The van der Waals surface area contributed by atoms with Crippen LogP contribution >= 0.6 is 23.4 Å². The topological polar surface area (TPSA) is 58.0 Å². The van der Waals surface area contributed by atoms with Gasteiger partial charge in [0.2, 0.25) is 0 Å². The van der Waals surface area contributed by atoms with Gasteiger partial charge in [-0.15, -0.1) is 0 Å². The van der Waals surface area contributed by atoms with Gasteiger partial charge in [0.05, 0.1) is 23.4 Å². The molecule has 0 bridgehead atoms. The van der Waals surface area contributed by atoms with Crippen LogP contribution in [0, 0.1) is 0 Å². The summed E-state index contributed by atoms with van der Waals surface area (Å²) in [7, 11) is 0. The van der Waals surface area contributed by atoms with Crippen LogP contribution < -0.4 is 4.74 Å². The Bertz CT molecular complexity index is 846. The molecule has 3 heterocycles. The number of pyridine rings is 1. The summed E-state index contributed by atoms with van der Waals surface area (Å²) in [5.41, 5.74) is 1.90. The highest BCUT2D eigenvalue weighted by atomic mass is 35.5. The third-order valence-electron chi connectivity index (χ3n) is 4.57. The lowest BCUT2D eigenvalue weighted by Crippen LogP contribution is -2.28. The highest BCUT2D eigenvalue weighted by molar-refractivity contribution is 8.14. The molecule has 0 spiro atoms. The lowest BCUT2D eigenvalue weighted by molar-refractivity contribution is 0.306. The molecule has 1 N–H and O–H groups in total. The van der Waals surface area contributed by atoms with Crippen molar-refractivity contribution >= 4 is 28.5 Å². The molecule has 0 aliphatic carbocycles. The summed E-state index contributed by atoms with van der Waals surface area (Å²) in [6.07, 6.45) is 1.79. The van der Waals surface area contributed by atoms with Crippen LogP contribution in [0.3, 0.4) is 0 Å². The Hall–Kier alpha value is -1.92. The van der Waals surface area contributed by atoms with E-state index in [1.807, 2.05) is 37.3 Å². The number of halogens is 1. The minimum atomic E-state index is -0.110. The average Bonchev–Trinajstić information content (AvgIpc) is 3.15. The smallest absolute Gasteiger partial charge is 0.176 e. The van der Waals surface area contributed by atoms with Crippen LogP contribution in [0.4, 0.5) is 0 Å². The fraction of sp³-hybridized carbons (Fsp3) is 0.368. The van der Waals surface area contributed by atoms with Gasteiger partial charge in [0, 0.05) is 18.0 Å². The summed E-state index contributed by atoms with van der Waals surface area (Å²) in [5, 5.41) is 12.0. The monoisotopic (exact) mass is 389 g/mol. The maximum absolute atomic E-state index is 10.2. The molecule has 1 aromatic heterocycles. The van der Waals surface area contributed by atoms with Gasteiger partial charge >= 0.3 is 0 Å². The number of aliphatic imine (C=N–C) groups is 1. The summed E-state index contributed by atoms with van der Waals surface area (Å²) in [5.74, 6) is 0.387. The molecule has 0 unspecified atom stereocenters. The van der Waals surface area contributed by atoms with E-state index in [1.165, 1.54) is 0 Å². The van der Waals surface area contributed by atoms with Gasteiger partial charge < -0.3 is 14.7 Å². The summed E-state index contributed by atoms with van der Waals surface area (Å²) in [6, 6.07) is 9.45. The van der Waals surface area contributed by atoms with Crippen molar-refractivity contribution in [3.05, 3.63) is 52.8 Å². The van der Waals surface area contributed by atoms with Gasteiger partial charge in [-0.3, -0.25) is 9.98 Å². The molecule has 2 aliphatic heterocycles. The molecule has 1 saturated heterocycles. The predicted octanol–water partition coefficient (Wildman–Crippen LogP) is 4.43. The molecule has 2 aliphatic rings. The Morgan fingerprint density at radius 3 is 2.96 bits per heavy atom. The number of benzene rings is 1. The van der Waals surface area contributed by atoms with E-state index in [0.29, 0.717) is 22.6 Å². The highest BCUT2D eigenvalue weighted by Crippen LogP contribution is 2.49. The van der Waals surface area contributed by atoms with Crippen molar-refractivity contribution in [2.45, 2.75) is 31.2 Å². The minimum absolute atomic E-state index is 0.0186. The van der Waals surface area contributed by atoms with Crippen molar-refractivity contribution in [1.29, 1.82) is 0 Å². The molecule has 26 heavy (non-hydrogen) atoms. The molecular weight excluding hydrogens is 370 g/mol. The van der Waals surface area contributed by atoms with Gasteiger partial charge in [-0.1, -0.05) is 36.4 Å². The molecule has 5 nitrogen and oxygen atoms in total. The minimum Gasteiger partial charge on any atom is -0.503 e. The van der Waals surface area contributed by atoms with Crippen molar-refractivity contribution in [3.8, 4) is 11.5 Å². The third-order valence-corrected chi connectivity index (χ3v) is 5.96. The number of rotatable bonds is 4. The molecule has 0 amide bonds. The van der Waals surface area contributed by atoms with Crippen LogP contribution in [0.1, 0.15) is 37.2 Å². The van der Waals surface area contributed by atoms with E-state index in [0.717, 1.165) is 23.0 Å². The van der Waals surface area contributed by atoms with Crippen LogP contribution in [0.5, 0.6) is 11.5 Å². The van der Waals surface area contributed by atoms with E-state index in [9.17, 15) is 5.11 Å². The van der Waals surface area contributed by atoms with E-state index in [1.54, 1.807) is 18.0 Å². The number of fused-ring (bicyclic) bond motifs is 1. The first-order valence-corrected chi connectivity index (χ1v) is 9.91. The normalized spacial score (nSPS) is 24.5. The van der Waals surface area contributed by atoms with Crippen LogP contribution in [0.25, 0.3) is 0 Å². The number of phenols is 1. The number of phenolic OH excluding ortho intramolecular Hbond substituents is 1. The quantitative estimate of drug-likeness (QED) is 0.838. The zero-order chi connectivity index (χ0) is 18.3. The summed E-state index contributed by atoms with van der Waals surface area (Å²) >= 11 is 8.08. The molecule has 1 aromatic carbocycles. The molecule has 0 radical (unpaired) electrons. The van der Waals surface area contributed by atoms with E-state index < -0.39 is 0 Å². The van der Waals surface area contributed by atoms with E-state index >= 15 is 0 Å². The lowest BCUT2D eigenvalue weighted by Gasteiger charge is -2.28. The van der Waals surface area contributed by atoms with Crippen molar-refractivity contribution in [2.24, 2.45) is 4.99 Å². The number of aromatic hydroxyl groups is 1. The summed E-state index contributed by atoms with van der Waals surface area (Å²) in [4.78, 5) is 11.8. The van der Waals surface area contributed by atoms with Crippen molar-refractivity contribution in [1.82, 2.24) is 9.88 Å². The van der Waals surface area contributed by atoms with Crippen molar-refractivity contribution in [3.63, 3.8) is 0 Å². The molecule has 2 aromatic rings. The number of hydrogen-bond acceptors (Lipinski definition) is 6. The first kappa shape index (κ1) is 17.5. The lowest BCUT2D eigenvalue weighted by atomic mass is 9.96. The van der Waals surface area contributed by atoms with Gasteiger partial charge in [-0.25, -0.2) is 0 Å². The number of aromatic nitrogens is 1. The van der Waals surface area contributed by atoms with Crippen molar-refractivity contribution in [2.75, 3.05) is 13.2 Å². The standard InChI is InChI=1S/C19H20ClN3O2S/c1-3-25-15-9-12(8-13(20)18(15)24)17-16(14-6-4-5-7-21-14)22-19-23(17)10-11(2)26-19/h4-9,11,16-17,24H,3,10H2,1-2H3/t11-,16-,17-/m0/s1. The maximum Gasteiger partial charge on any atom is 0.176 e. The Morgan fingerprint density at radius 2 is 2.23 bits per heavy atom. The van der Waals surface area contributed by atoms with E-state index in [2.05, 4.69) is 16.8 Å². The Kier molecular flexibility index (Phi) is 4.71. The Morgan fingerprint density at radius 1 is 1.38 bits per heavy atom. The van der Waals surface area contributed by atoms with Crippen LogP contribution in [0.2, 0.25) is 5.02 Å². The SMILES string of the molecule is CCOc1cc([C@H]2[C@H](c3ccccn3)N=C3S[C@@H](C)CN32)cc(Cl)c1O. The van der Waals surface area contributed by atoms with Gasteiger partial charge in [0.15, 0.2) is 16.7 Å². The fourth-order valence-corrected chi connectivity index (χ4v) is 4.82. The summed E-state index contributed by atoms with van der Waals surface area (Å²) in [6.45, 7) is 5.46. The van der Waals surface area contributed by atoms with Crippen molar-refractivity contribution < 1.29 is 9.84 Å². The molecular formula is C19H20ClN3O2S. The first-order chi connectivity index (χ1) is 12.6.